The lowest BCUT2D eigenvalue weighted by Gasteiger charge is -2.30. The molecule has 0 saturated carbocycles. The highest BCUT2D eigenvalue weighted by atomic mass is 16.4. The first-order chi connectivity index (χ1) is 7.99. The average Bonchev–Trinajstić information content (AvgIpc) is 2.30. The van der Waals surface area contributed by atoms with E-state index in [9.17, 15) is 9.90 Å². The number of hydrogen-bond donors (Lipinski definition) is 2. The van der Waals surface area contributed by atoms with Crippen LogP contribution < -0.4 is 5.32 Å². The Balaban J connectivity index is 2.78. The van der Waals surface area contributed by atoms with E-state index in [0.717, 1.165) is 12.0 Å². The number of benzene rings is 1. The van der Waals surface area contributed by atoms with Crippen molar-refractivity contribution in [2.45, 2.75) is 45.2 Å². The molecule has 0 fully saturated rings. The van der Waals surface area contributed by atoms with Gasteiger partial charge in [0.05, 0.1) is 0 Å². The number of carboxylic acid groups (broad SMARTS) is 1. The minimum Gasteiger partial charge on any atom is -0.480 e. The van der Waals surface area contributed by atoms with Gasteiger partial charge in [-0.15, -0.1) is 0 Å². The maximum absolute atomic E-state index is 11.3. The minimum absolute atomic E-state index is 0.0313. The second-order valence-electron chi connectivity index (χ2n) is 4.66. The van der Waals surface area contributed by atoms with E-state index in [0.29, 0.717) is 6.42 Å². The molecule has 3 nitrogen and oxygen atoms in total. The second-order valence-corrected chi connectivity index (χ2v) is 4.66. The van der Waals surface area contributed by atoms with E-state index in [2.05, 4.69) is 5.32 Å². The molecule has 94 valence electrons. The van der Waals surface area contributed by atoms with Gasteiger partial charge in [-0.3, -0.25) is 10.1 Å². The van der Waals surface area contributed by atoms with Crippen molar-refractivity contribution >= 4 is 5.97 Å². The number of nitrogens with one attached hydrogen (secondary N) is 1. The Morgan fingerprint density at radius 1 is 1.41 bits per heavy atom. The minimum atomic E-state index is -0.857. The van der Waals surface area contributed by atoms with Crippen molar-refractivity contribution in [2.24, 2.45) is 0 Å². The number of rotatable bonds is 6. The van der Waals surface area contributed by atoms with E-state index in [-0.39, 0.29) is 6.04 Å². The van der Waals surface area contributed by atoms with Crippen molar-refractivity contribution in [3.8, 4) is 0 Å². The molecule has 0 aromatic heterocycles. The highest BCUT2D eigenvalue weighted by Gasteiger charge is 2.33. The molecule has 1 aromatic rings. The summed E-state index contributed by atoms with van der Waals surface area (Å²) in [5.74, 6) is -0.790. The lowest BCUT2D eigenvalue weighted by molar-refractivity contribution is -0.144. The topological polar surface area (TPSA) is 49.3 Å². The van der Waals surface area contributed by atoms with Gasteiger partial charge in [0.2, 0.25) is 0 Å². The van der Waals surface area contributed by atoms with E-state index in [4.69, 9.17) is 0 Å². The van der Waals surface area contributed by atoms with Crippen LogP contribution in [0, 0.1) is 0 Å². The molecule has 3 heteroatoms. The number of aliphatic carboxylic acids is 1. The summed E-state index contributed by atoms with van der Waals surface area (Å²) in [6, 6.07) is 9.93. The van der Waals surface area contributed by atoms with Gasteiger partial charge in [-0.05, 0) is 25.8 Å². The van der Waals surface area contributed by atoms with Crippen LogP contribution in [0.1, 0.15) is 45.2 Å². The normalized spacial score (nSPS) is 16.2. The van der Waals surface area contributed by atoms with Crippen LogP contribution in [0.3, 0.4) is 0 Å². The first-order valence-electron chi connectivity index (χ1n) is 6.05. The fourth-order valence-corrected chi connectivity index (χ4v) is 2.04. The van der Waals surface area contributed by atoms with Crippen LogP contribution >= 0.6 is 0 Å². The summed E-state index contributed by atoms with van der Waals surface area (Å²) in [6.45, 7) is 5.74. The van der Waals surface area contributed by atoms with Crippen molar-refractivity contribution in [1.82, 2.24) is 5.32 Å². The van der Waals surface area contributed by atoms with Crippen molar-refractivity contribution in [2.75, 3.05) is 0 Å². The van der Waals surface area contributed by atoms with Gasteiger partial charge in [0.1, 0.15) is 5.54 Å². The highest BCUT2D eigenvalue weighted by molar-refractivity contribution is 5.78. The summed E-state index contributed by atoms with van der Waals surface area (Å²) in [7, 11) is 0. The first kappa shape index (κ1) is 13.7. The van der Waals surface area contributed by atoms with Gasteiger partial charge >= 0.3 is 5.97 Å². The van der Waals surface area contributed by atoms with Crippen LogP contribution in [-0.4, -0.2) is 16.6 Å². The third-order valence-electron chi connectivity index (χ3n) is 3.06. The third kappa shape index (κ3) is 3.56. The maximum Gasteiger partial charge on any atom is 0.323 e. The molecule has 2 N–H and O–H groups in total. The third-order valence-corrected chi connectivity index (χ3v) is 3.06. The molecule has 17 heavy (non-hydrogen) atoms. The van der Waals surface area contributed by atoms with Crippen LogP contribution in [0.5, 0.6) is 0 Å². The molecule has 0 aliphatic rings. The van der Waals surface area contributed by atoms with Crippen molar-refractivity contribution < 1.29 is 9.90 Å². The summed E-state index contributed by atoms with van der Waals surface area (Å²) < 4.78 is 0. The van der Waals surface area contributed by atoms with Gasteiger partial charge in [0.15, 0.2) is 0 Å². The Morgan fingerprint density at radius 3 is 2.47 bits per heavy atom. The number of hydrogen-bond acceptors (Lipinski definition) is 2. The Hall–Kier alpha value is -1.35. The summed E-state index contributed by atoms with van der Waals surface area (Å²) in [6.07, 6.45) is 1.47. The Kier molecular flexibility index (Phi) is 4.70. The van der Waals surface area contributed by atoms with Crippen molar-refractivity contribution in [3.05, 3.63) is 35.9 Å². The van der Waals surface area contributed by atoms with Gasteiger partial charge in [-0.2, -0.15) is 0 Å². The van der Waals surface area contributed by atoms with Crippen molar-refractivity contribution in [1.29, 1.82) is 0 Å². The maximum atomic E-state index is 11.3. The first-order valence-corrected chi connectivity index (χ1v) is 6.05. The highest BCUT2D eigenvalue weighted by Crippen LogP contribution is 2.20. The molecule has 1 rings (SSSR count). The number of carboxylic acids is 1. The quantitative estimate of drug-likeness (QED) is 0.797. The van der Waals surface area contributed by atoms with Gasteiger partial charge in [0, 0.05) is 6.04 Å². The molecule has 0 aliphatic carbocycles. The van der Waals surface area contributed by atoms with E-state index in [1.807, 2.05) is 44.2 Å². The zero-order valence-corrected chi connectivity index (χ0v) is 10.7. The fourth-order valence-electron chi connectivity index (χ4n) is 2.04. The summed E-state index contributed by atoms with van der Waals surface area (Å²) in [5, 5.41) is 12.5. The largest absolute Gasteiger partial charge is 0.480 e. The van der Waals surface area contributed by atoms with Crippen LogP contribution in [-0.2, 0) is 4.79 Å². The molecule has 2 atom stereocenters. The Labute approximate surface area is 103 Å². The molecular weight excluding hydrogens is 214 g/mol. The molecule has 2 unspecified atom stereocenters. The molecule has 0 spiro atoms. The smallest absolute Gasteiger partial charge is 0.323 e. The summed E-state index contributed by atoms with van der Waals surface area (Å²) in [4.78, 5) is 11.3. The van der Waals surface area contributed by atoms with Crippen LogP contribution in [0.25, 0.3) is 0 Å². The SMILES string of the molecule is CCCC(C)(NC(C)c1ccccc1)C(=O)O. The zero-order valence-electron chi connectivity index (χ0n) is 10.7. The second kappa shape index (κ2) is 5.82. The lowest BCUT2D eigenvalue weighted by Crippen LogP contribution is -2.50. The van der Waals surface area contributed by atoms with E-state index >= 15 is 0 Å². The Morgan fingerprint density at radius 2 is 2.00 bits per heavy atom. The standard InChI is InChI=1S/C14H21NO2/c1-4-10-14(3,13(16)17)15-11(2)12-8-6-5-7-9-12/h5-9,11,15H,4,10H2,1-3H3,(H,16,17). The van der Waals surface area contributed by atoms with Gasteiger partial charge in [0.25, 0.3) is 0 Å². The molecule has 0 heterocycles. The monoisotopic (exact) mass is 235 g/mol. The van der Waals surface area contributed by atoms with Gasteiger partial charge in [-0.25, -0.2) is 0 Å². The van der Waals surface area contributed by atoms with E-state index in [1.165, 1.54) is 0 Å². The Bertz CT molecular complexity index is 364. The predicted molar refractivity (Wildman–Crippen MR) is 68.9 cm³/mol. The summed E-state index contributed by atoms with van der Waals surface area (Å²) in [5.41, 5.74) is 0.250. The van der Waals surface area contributed by atoms with Crippen molar-refractivity contribution in [3.63, 3.8) is 0 Å². The fraction of sp³-hybridized carbons (Fsp3) is 0.500. The molecular formula is C14H21NO2. The molecule has 1 aromatic carbocycles. The molecule has 0 amide bonds. The molecule has 0 bridgehead atoms. The van der Waals surface area contributed by atoms with E-state index in [1.54, 1.807) is 6.92 Å². The van der Waals surface area contributed by atoms with E-state index < -0.39 is 11.5 Å². The molecule has 0 aliphatic heterocycles. The van der Waals surface area contributed by atoms with Gasteiger partial charge < -0.3 is 5.11 Å². The summed E-state index contributed by atoms with van der Waals surface area (Å²) >= 11 is 0. The lowest BCUT2D eigenvalue weighted by atomic mass is 9.94. The average molecular weight is 235 g/mol. The zero-order chi connectivity index (χ0) is 12.9. The van der Waals surface area contributed by atoms with Crippen LogP contribution in [0.4, 0.5) is 0 Å². The van der Waals surface area contributed by atoms with Gasteiger partial charge in [-0.1, -0.05) is 43.7 Å². The predicted octanol–water partition coefficient (Wildman–Crippen LogP) is 2.98. The van der Waals surface area contributed by atoms with Crippen LogP contribution in [0.15, 0.2) is 30.3 Å². The van der Waals surface area contributed by atoms with Crippen LogP contribution in [0.2, 0.25) is 0 Å². The molecule has 0 saturated heterocycles. The molecule has 0 radical (unpaired) electrons. The number of carbonyl (C=O) groups is 1.